The normalized spacial score (nSPS) is 33.0. The van der Waals surface area contributed by atoms with Crippen LogP contribution in [0.15, 0.2) is 34.0 Å². The summed E-state index contributed by atoms with van der Waals surface area (Å²) in [5, 5.41) is 5.07. The summed E-state index contributed by atoms with van der Waals surface area (Å²) >= 11 is 1.64. The van der Waals surface area contributed by atoms with Gasteiger partial charge in [0.2, 0.25) is 0 Å². The zero-order valence-electron chi connectivity index (χ0n) is 6.79. The number of hydrogen-bond acceptors (Lipinski definition) is 4. The van der Waals surface area contributed by atoms with Crippen LogP contribution in [-0.4, -0.2) is 5.54 Å². The maximum absolute atomic E-state index is 5.94. The van der Waals surface area contributed by atoms with E-state index in [-0.39, 0.29) is 0 Å². The number of fused-ring (bicyclic) bond motifs is 1. The van der Waals surface area contributed by atoms with Crippen molar-refractivity contribution in [2.24, 2.45) is 11.5 Å². The highest BCUT2D eigenvalue weighted by Gasteiger charge is 2.31. The summed E-state index contributed by atoms with van der Waals surface area (Å²) < 4.78 is 0. The van der Waals surface area contributed by atoms with E-state index in [1.807, 2.05) is 24.6 Å². The van der Waals surface area contributed by atoms with Crippen LogP contribution in [0.25, 0.3) is 0 Å². The first-order chi connectivity index (χ1) is 5.61. The summed E-state index contributed by atoms with van der Waals surface area (Å²) in [5.41, 5.74) is 13.0. The average Bonchev–Trinajstić information content (AvgIpc) is 2.24. The number of rotatable bonds is 0. The molecule has 1 heterocycles. The first kappa shape index (κ1) is 7.76. The summed E-state index contributed by atoms with van der Waals surface area (Å²) in [7, 11) is 0. The highest BCUT2D eigenvalue weighted by molar-refractivity contribution is 8.06. The minimum absolute atomic E-state index is 0.489. The first-order valence-corrected chi connectivity index (χ1v) is 4.60. The van der Waals surface area contributed by atoms with Crippen LogP contribution in [0, 0.1) is 0 Å². The van der Waals surface area contributed by atoms with Crippen LogP contribution >= 0.6 is 11.8 Å². The maximum Gasteiger partial charge on any atom is 0.0749 e. The zero-order valence-corrected chi connectivity index (χ0v) is 7.61. The van der Waals surface area contributed by atoms with Gasteiger partial charge in [0.1, 0.15) is 0 Å². The predicted molar refractivity (Wildman–Crippen MR) is 51.8 cm³/mol. The lowest BCUT2D eigenvalue weighted by Crippen LogP contribution is -2.38. The van der Waals surface area contributed by atoms with Gasteiger partial charge in [-0.15, -0.1) is 0 Å². The topological polar surface area (TPSA) is 64.1 Å². The molecule has 0 saturated heterocycles. The standard InChI is InChI=1S/C8H11N3S/c1-8(10)4-5-6(7(8)9)11-2-3-12-5/h2-4,11H,9-10H2,1H3/t8-/m1/s1. The van der Waals surface area contributed by atoms with E-state index in [1.165, 1.54) is 0 Å². The van der Waals surface area contributed by atoms with Gasteiger partial charge >= 0.3 is 0 Å². The van der Waals surface area contributed by atoms with Crippen LogP contribution in [0.4, 0.5) is 0 Å². The molecule has 2 aliphatic rings. The molecule has 0 amide bonds. The van der Waals surface area contributed by atoms with Crippen molar-refractivity contribution in [2.75, 3.05) is 0 Å². The van der Waals surface area contributed by atoms with Gasteiger partial charge in [-0.05, 0) is 18.4 Å². The number of nitrogens with two attached hydrogens (primary N) is 2. The molecule has 0 fully saturated rings. The molecule has 0 aromatic rings. The van der Waals surface area contributed by atoms with E-state index < -0.39 is 5.54 Å². The van der Waals surface area contributed by atoms with Crippen LogP contribution < -0.4 is 16.8 Å². The number of thioether (sulfide) groups is 1. The Morgan fingerprint density at radius 2 is 2.33 bits per heavy atom. The van der Waals surface area contributed by atoms with Crippen molar-refractivity contribution >= 4 is 11.8 Å². The molecule has 0 aromatic carbocycles. The van der Waals surface area contributed by atoms with Crippen molar-refractivity contribution in [3.63, 3.8) is 0 Å². The van der Waals surface area contributed by atoms with Crippen LogP contribution in [0.3, 0.4) is 0 Å². The van der Waals surface area contributed by atoms with Gasteiger partial charge in [-0.1, -0.05) is 11.8 Å². The minimum atomic E-state index is -0.489. The Morgan fingerprint density at radius 3 is 3.00 bits per heavy atom. The Labute approximate surface area is 75.6 Å². The highest BCUT2D eigenvalue weighted by atomic mass is 32.2. The molecular weight excluding hydrogens is 170 g/mol. The Kier molecular flexibility index (Phi) is 1.49. The summed E-state index contributed by atoms with van der Waals surface area (Å²) in [6, 6.07) is 0. The molecule has 0 aromatic heterocycles. The van der Waals surface area contributed by atoms with Crippen molar-refractivity contribution in [1.82, 2.24) is 5.32 Å². The van der Waals surface area contributed by atoms with E-state index in [4.69, 9.17) is 11.5 Å². The molecule has 0 radical (unpaired) electrons. The van der Waals surface area contributed by atoms with E-state index in [0.29, 0.717) is 5.70 Å². The molecule has 12 heavy (non-hydrogen) atoms. The lowest BCUT2D eigenvalue weighted by molar-refractivity contribution is 0.682. The molecule has 0 unspecified atom stereocenters. The van der Waals surface area contributed by atoms with E-state index in [1.54, 1.807) is 11.8 Å². The quantitative estimate of drug-likeness (QED) is 0.511. The second-order valence-electron chi connectivity index (χ2n) is 3.14. The fourth-order valence-corrected chi connectivity index (χ4v) is 2.17. The molecule has 1 aliphatic heterocycles. The van der Waals surface area contributed by atoms with E-state index in [2.05, 4.69) is 5.32 Å². The molecule has 5 N–H and O–H groups in total. The van der Waals surface area contributed by atoms with Crippen LogP contribution in [0.5, 0.6) is 0 Å². The zero-order chi connectivity index (χ0) is 8.77. The summed E-state index contributed by atoms with van der Waals surface area (Å²) in [4.78, 5) is 1.13. The van der Waals surface area contributed by atoms with Crippen molar-refractivity contribution in [3.8, 4) is 0 Å². The van der Waals surface area contributed by atoms with E-state index >= 15 is 0 Å². The van der Waals surface area contributed by atoms with Gasteiger partial charge in [-0.25, -0.2) is 0 Å². The second-order valence-corrected chi connectivity index (χ2v) is 4.09. The average molecular weight is 181 g/mol. The largest absolute Gasteiger partial charge is 0.399 e. The van der Waals surface area contributed by atoms with Gasteiger partial charge in [-0.3, -0.25) is 0 Å². The third-order valence-electron chi connectivity index (χ3n) is 2.02. The molecule has 64 valence electrons. The van der Waals surface area contributed by atoms with Gasteiger partial charge < -0.3 is 16.8 Å². The van der Waals surface area contributed by atoms with Gasteiger partial charge in [0.05, 0.1) is 16.9 Å². The molecule has 2 rings (SSSR count). The summed E-state index contributed by atoms with van der Waals surface area (Å²) in [6.45, 7) is 1.91. The molecule has 3 nitrogen and oxygen atoms in total. The molecule has 0 bridgehead atoms. The number of nitrogens with one attached hydrogen (secondary N) is 1. The van der Waals surface area contributed by atoms with Crippen molar-refractivity contribution in [3.05, 3.63) is 34.0 Å². The van der Waals surface area contributed by atoms with Crippen LogP contribution in [0.2, 0.25) is 0 Å². The fraction of sp³-hybridized carbons (Fsp3) is 0.250. The lowest BCUT2D eigenvalue weighted by Gasteiger charge is -2.17. The van der Waals surface area contributed by atoms with Gasteiger partial charge in [0.15, 0.2) is 0 Å². The van der Waals surface area contributed by atoms with E-state index in [9.17, 15) is 0 Å². The fourth-order valence-electron chi connectivity index (χ4n) is 1.29. The van der Waals surface area contributed by atoms with E-state index in [0.717, 1.165) is 10.6 Å². The second kappa shape index (κ2) is 2.31. The van der Waals surface area contributed by atoms with Gasteiger partial charge in [-0.2, -0.15) is 0 Å². The van der Waals surface area contributed by atoms with Gasteiger partial charge in [0, 0.05) is 11.1 Å². The SMILES string of the molecule is C[C@@]1(N)C=C2SC=CNC2=C1N. The molecule has 4 heteroatoms. The number of hydrogen-bond donors (Lipinski definition) is 3. The minimum Gasteiger partial charge on any atom is -0.399 e. The van der Waals surface area contributed by atoms with Crippen LogP contribution in [0.1, 0.15) is 6.92 Å². The smallest absolute Gasteiger partial charge is 0.0749 e. The Hall–Kier alpha value is -0.870. The van der Waals surface area contributed by atoms with Crippen molar-refractivity contribution < 1.29 is 0 Å². The molecular formula is C8H11N3S. The monoisotopic (exact) mass is 181 g/mol. The molecule has 0 saturated carbocycles. The van der Waals surface area contributed by atoms with Crippen LogP contribution in [-0.2, 0) is 0 Å². The summed E-state index contributed by atoms with van der Waals surface area (Å²) in [6.07, 6.45) is 3.85. The lowest BCUT2D eigenvalue weighted by atomic mass is 10.0. The summed E-state index contributed by atoms with van der Waals surface area (Å²) in [5.74, 6) is 0. The van der Waals surface area contributed by atoms with Crippen molar-refractivity contribution in [2.45, 2.75) is 12.5 Å². The molecule has 1 aliphatic carbocycles. The molecule has 1 atom stereocenters. The third kappa shape index (κ3) is 0.956. The first-order valence-electron chi connectivity index (χ1n) is 3.72. The Balaban J connectivity index is 2.48. The Bertz CT molecular complexity index is 312. The third-order valence-corrected chi connectivity index (χ3v) is 2.87. The molecule has 0 spiro atoms. The van der Waals surface area contributed by atoms with Crippen molar-refractivity contribution in [1.29, 1.82) is 0 Å². The maximum atomic E-state index is 5.94. The van der Waals surface area contributed by atoms with Gasteiger partial charge in [0.25, 0.3) is 0 Å². The highest BCUT2D eigenvalue weighted by Crippen LogP contribution is 2.37. The Morgan fingerprint density at radius 1 is 1.58 bits per heavy atom. The predicted octanol–water partition coefficient (Wildman–Crippen LogP) is 0.579.